The van der Waals surface area contributed by atoms with Crippen LogP contribution in [0.2, 0.25) is 0 Å². The lowest BCUT2D eigenvalue weighted by Gasteiger charge is -2.45. The van der Waals surface area contributed by atoms with Crippen molar-refractivity contribution in [2.75, 3.05) is 19.8 Å². The van der Waals surface area contributed by atoms with Crippen LogP contribution in [0.5, 0.6) is 0 Å². The van der Waals surface area contributed by atoms with Gasteiger partial charge in [0.15, 0.2) is 0 Å². The van der Waals surface area contributed by atoms with Gasteiger partial charge in [0.05, 0.1) is 19.8 Å². The number of aliphatic carboxylic acids is 1. The number of carboxylic acids is 1. The first-order valence-corrected chi connectivity index (χ1v) is 9.72. The van der Waals surface area contributed by atoms with Crippen molar-refractivity contribution < 1.29 is 54.0 Å². The minimum Gasteiger partial charge on any atom is -0.477 e. The number of amides is 6. The summed E-state index contributed by atoms with van der Waals surface area (Å²) in [7, 11) is 0. The first kappa shape index (κ1) is 26.2. The SMILES string of the molecule is CCC(CO)(CO)CO.O=C1C=CC(=O)N1C(C(=O)O)(N1C(=O)C=CC1=O)N1C(=O)C=CC1=O. The van der Waals surface area contributed by atoms with E-state index >= 15 is 0 Å². The molecule has 4 N–H and O–H groups in total. The fraction of sp³-hybridized carbons (Fsp3) is 0.350. The highest BCUT2D eigenvalue weighted by Crippen LogP contribution is 2.34. The van der Waals surface area contributed by atoms with Crippen LogP contribution in [-0.4, -0.2) is 102 Å². The zero-order valence-corrected chi connectivity index (χ0v) is 17.8. The summed E-state index contributed by atoms with van der Waals surface area (Å²) >= 11 is 0. The van der Waals surface area contributed by atoms with E-state index in [0.29, 0.717) is 42.9 Å². The Kier molecular flexibility index (Phi) is 7.61. The maximum Gasteiger partial charge on any atom is 0.375 e. The molecule has 182 valence electrons. The molecule has 3 rings (SSSR count). The summed E-state index contributed by atoms with van der Waals surface area (Å²) in [5.41, 5.74) is -0.667. The molecule has 0 fully saturated rings. The summed E-state index contributed by atoms with van der Waals surface area (Å²) in [5, 5.41) is 35.8. The molecule has 0 aromatic carbocycles. The largest absolute Gasteiger partial charge is 0.477 e. The minimum atomic E-state index is -3.30. The zero-order valence-electron chi connectivity index (χ0n) is 17.8. The van der Waals surface area contributed by atoms with E-state index in [0.717, 1.165) is 0 Å². The third-order valence-corrected chi connectivity index (χ3v) is 5.41. The third-order valence-electron chi connectivity index (χ3n) is 5.41. The van der Waals surface area contributed by atoms with Gasteiger partial charge in [0.25, 0.3) is 35.4 Å². The van der Waals surface area contributed by atoms with Gasteiger partial charge in [-0.05, 0) is 6.42 Å². The van der Waals surface area contributed by atoms with Crippen molar-refractivity contribution in [2.45, 2.75) is 19.1 Å². The number of carbonyl (C=O) groups excluding carboxylic acids is 6. The number of aliphatic hydroxyl groups excluding tert-OH is 3. The Balaban J connectivity index is 0.000000387. The Morgan fingerprint density at radius 2 is 0.882 bits per heavy atom. The molecule has 34 heavy (non-hydrogen) atoms. The first-order chi connectivity index (χ1) is 16.0. The number of rotatable bonds is 8. The van der Waals surface area contributed by atoms with Gasteiger partial charge in [-0.3, -0.25) is 28.8 Å². The maximum absolute atomic E-state index is 12.1. The van der Waals surface area contributed by atoms with E-state index < -0.39 is 52.6 Å². The second kappa shape index (κ2) is 9.86. The van der Waals surface area contributed by atoms with Crippen LogP contribution >= 0.6 is 0 Å². The molecule has 0 saturated carbocycles. The standard InChI is InChI=1S/C14H7N3O8.C6H14O3/c18-7-1-2-8(19)15(7)14(13(24)25,16-9(20)3-4-10(16)21)17-11(22)5-6-12(17)23;1-2-6(3-7,4-8)5-9/h1-6H,(H,24,25);7-9H,2-5H2,1H3. The number of hydrogen-bond donors (Lipinski definition) is 4. The van der Waals surface area contributed by atoms with Gasteiger partial charge in [0.1, 0.15) is 0 Å². The van der Waals surface area contributed by atoms with Crippen molar-refractivity contribution in [3.8, 4) is 0 Å². The topological polar surface area (TPSA) is 210 Å². The lowest BCUT2D eigenvalue weighted by Crippen LogP contribution is -2.77. The Morgan fingerprint density at radius 3 is 1.00 bits per heavy atom. The Hall–Kier alpha value is -4.01. The van der Waals surface area contributed by atoms with Crippen LogP contribution < -0.4 is 0 Å². The normalized spacial score (nSPS) is 17.9. The van der Waals surface area contributed by atoms with E-state index in [1.807, 2.05) is 6.92 Å². The predicted molar refractivity (Wildman–Crippen MR) is 107 cm³/mol. The molecule has 14 nitrogen and oxygen atoms in total. The number of carboxylic acid groups (broad SMARTS) is 1. The molecule has 3 aliphatic heterocycles. The van der Waals surface area contributed by atoms with E-state index in [1.54, 1.807) is 0 Å². The van der Waals surface area contributed by atoms with E-state index in [2.05, 4.69) is 0 Å². The lowest BCUT2D eigenvalue weighted by atomic mass is 9.88. The van der Waals surface area contributed by atoms with Crippen LogP contribution in [0, 0.1) is 5.41 Å². The molecule has 0 radical (unpaired) electrons. The summed E-state index contributed by atoms with van der Waals surface area (Å²) in [4.78, 5) is 84.7. The molecular weight excluding hydrogens is 458 g/mol. The Labute approximate surface area is 191 Å². The summed E-state index contributed by atoms with van der Waals surface area (Å²) in [6, 6.07) is 0. The van der Waals surface area contributed by atoms with Crippen molar-refractivity contribution in [3.05, 3.63) is 36.5 Å². The number of nitrogens with zero attached hydrogens (tertiary/aromatic N) is 3. The van der Waals surface area contributed by atoms with Crippen molar-refractivity contribution in [1.82, 2.24) is 14.7 Å². The van der Waals surface area contributed by atoms with Crippen LogP contribution in [0.1, 0.15) is 13.3 Å². The molecule has 3 aliphatic rings. The van der Waals surface area contributed by atoms with E-state index in [9.17, 15) is 38.7 Å². The molecule has 0 spiro atoms. The number of imide groups is 3. The average molecular weight is 479 g/mol. The van der Waals surface area contributed by atoms with Gasteiger partial charge in [0, 0.05) is 41.9 Å². The van der Waals surface area contributed by atoms with Gasteiger partial charge >= 0.3 is 11.8 Å². The van der Waals surface area contributed by atoms with Crippen molar-refractivity contribution >= 4 is 41.4 Å². The molecule has 0 saturated heterocycles. The van der Waals surface area contributed by atoms with Gasteiger partial charge in [-0.1, -0.05) is 6.92 Å². The van der Waals surface area contributed by atoms with Crippen LogP contribution in [0.3, 0.4) is 0 Å². The smallest absolute Gasteiger partial charge is 0.375 e. The number of aliphatic hydroxyl groups is 3. The van der Waals surface area contributed by atoms with Crippen LogP contribution in [0.25, 0.3) is 0 Å². The summed E-state index contributed by atoms with van der Waals surface area (Å²) in [6.07, 6.45) is 4.74. The predicted octanol–water partition coefficient (Wildman–Crippen LogP) is -3.14. The van der Waals surface area contributed by atoms with Crippen LogP contribution in [0.15, 0.2) is 36.5 Å². The molecule has 0 atom stereocenters. The maximum atomic E-state index is 12.1. The molecule has 0 aromatic heterocycles. The van der Waals surface area contributed by atoms with E-state index in [-0.39, 0.29) is 34.5 Å². The highest BCUT2D eigenvalue weighted by atomic mass is 16.4. The van der Waals surface area contributed by atoms with Crippen molar-refractivity contribution in [2.24, 2.45) is 5.41 Å². The molecule has 0 aliphatic carbocycles. The van der Waals surface area contributed by atoms with E-state index in [4.69, 9.17) is 15.3 Å². The van der Waals surface area contributed by atoms with Crippen molar-refractivity contribution in [3.63, 3.8) is 0 Å². The van der Waals surface area contributed by atoms with Gasteiger partial charge in [0.2, 0.25) is 0 Å². The lowest BCUT2D eigenvalue weighted by molar-refractivity contribution is -0.204. The molecule has 0 unspecified atom stereocenters. The van der Waals surface area contributed by atoms with Gasteiger partial charge in [-0.2, -0.15) is 0 Å². The highest BCUT2D eigenvalue weighted by molar-refractivity contribution is 6.24. The fourth-order valence-electron chi connectivity index (χ4n) is 3.20. The number of carbonyl (C=O) groups is 7. The van der Waals surface area contributed by atoms with E-state index in [1.165, 1.54) is 0 Å². The summed E-state index contributed by atoms with van der Waals surface area (Å²) in [5.74, 6) is -12.7. The van der Waals surface area contributed by atoms with Gasteiger partial charge in [-0.25, -0.2) is 19.5 Å². The second-order valence-electron chi connectivity index (χ2n) is 7.30. The minimum absolute atomic E-state index is 0.000926. The quantitative estimate of drug-likeness (QED) is 0.256. The Morgan fingerprint density at radius 1 is 0.647 bits per heavy atom. The summed E-state index contributed by atoms with van der Waals surface area (Å²) in [6.45, 7) is 1.35. The summed E-state index contributed by atoms with van der Waals surface area (Å²) < 4.78 is 0. The van der Waals surface area contributed by atoms with Gasteiger partial charge < -0.3 is 20.4 Å². The molecule has 6 amide bonds. The molecule has 14 heteroatoms. The number of hydrogen-bond acceptors (Lipinski definition) is 10. The average Bonchev–Trinajstić information content (AvgIpc) is 3.45. The molecule has 3 heterocycles. The van der Waals surface area contributed by atoms with Crippen LogP contribution in [0.4, 0.5) is 0 Å². The highest BCUT2D eigenvalue weighted by Gasteiger charge is 2.66. The Bertz CT molecular complexity index is 864. The van der Waals surface area contributed by atoms with Gasteiger partial charge in [-0.15, -0.1) is 0 Å². The van der Waals surface area contributed by atoms with Crippen LogP contribution in [-0.2, 0) is 33.6 Å². The van der Waals surface area contributed by atoms with Crippen molar-refractivity contribution in [1.29, 1.82) is 0 Å². The molecule has 0 aromatic rings. The molecule has 0 bridgehead atoms. The third kappa shape index (κ3) is 4.05. The zero-order chi connectivity index (χ0) is 25.8. The second-order valence-corrected chi connectivity index (χ2v) is 7.30. The monoisotopic (exact) mass is 479 g/mol. The first-order valence-electron chi connectivity index (χ1n) is 9.72. The fourth-order valence-corrected chi connectivity index (χ4v) is 3.20. The molecular formula is C20H21N3O11.